The van der Waals surface area contributed by atoms with Gasteiger partial charge in [0.15, 0.2) is 0 Å². The van der Waals surface area contributed by atoms with Crippen molar-refractivity contribution in [3.05, 3.63) is 0 Å². The molecule has 0 aromatic carbocycles. The van der Waals surface area contributed by atoms with E-state index in [2.05, 4.69) is 0 Å². The molecule has 10 heteroatoms. The predicted molar refractivity (Wildman–Crippen MR) is 45.0 cm³/mol. The zero-order valence-electron chi connectivity index (χ0n) is 7.35. The normalized spacial score (nSPS) is 21.1. The maximum atomic E-state index is 10.3. The minimum absolute atomic E-state index is 0. The van der Waals surface area contributed by atoms with Gasteiger partial charge in [-0.05, 0) is 0 Å². The summed E-state index contributed by atoms with van der Waals surface area (Å²) in [5.74, 6) is 0. The van der Waals surface area contributed by atoms with Gasteiger partial charge in [0.1, 0.15) is 10.9 Å². The molecule has 0 bridgehead atoms. The third-order valence-electron chi connectivity index (χ3n) is 0.943. The van der Waals surface area contributed by atoms with Crippen LogP contribution in [0.25, 0.3) is 0 Å². The van der Waals surface area contributed by atoms with Gasteiger partial charge in [-0.1, -0.05) is 23.2 Å². The van der Waals surface area contributed by atoms with Crippen LogP contribution in [0.5, 0.6) is 0 Å². The molecule has 0 aliphatic rings. The second kappa shape index (κ2) is 5.69. The Bertz CT molecular complexity index is 257. The molecular formula is C3H6Cl3NaO5S. The molecule has 0 heterocycles. The molecule has 0 fully saturated rings. The molecule has 0 spiro atoms. The van der Waals surface area contributed by atoms with Crippen molar-refractivity contribution in [1.82, 2.24) is 0 Å². The summed E-state index contributed by atoms with van der Waals surface area (Å²) in [6.07, 6.45) is 0. The third kappa shape index (κ3) is 4.38. The quantitative estimate of drug-likeness (QED) is 0.292. The Balaban J connectivity index is -0.000000605. The fourth-order valence-corrected chi connectivity index (χ4v) is 1.50. The van der Waals surface area contributed by atoms with Gasteiger partial charge in [-0.3, -0.25) is 4.55 Å². The smallest absolute Gasteiger partial charge is 1.00 e. The molecule has 0 aromatic heterocycles. The van der Waals surface area contributed by atoms with Crippen molar-refractivity contribution in [3.8, 4) is 0 Å². The number of hydrogen-bond donors (Lipinski definition) is 3. The van der Waals surface area contributed by atoms with E-state index in [1.807, 2.05) is 0 Å². The molecule has 3 unspecified atom stereocenters. The van der Waals surface area contributed by atoms with Gasteiger partial charge < -0.3 is 11.6 Å². The molecule has 0 radical (unpaired) electrons. The first-order chi connectivity index (χ1) is 5.10. The summed E-state index contributed by atoms with van der Waals surface area (Å²) in [6.45, 7) is 0. The molecule has 0 saturated heterocycles. The van der Waals surface area contributed by atoms with Crippen molar-refractivity contribution in [3.63, 3.8) is 0 Å². The van der Waals surface area contributed by atoms with E-state index in [4.69, 9.17) is 49.6 Å². The maximum Gasteiger partial charge on any atom is 1.00 e. The van der Waals surface area contributed by atoms with Crippen LogP contribution in [0, 0.1) is 0 Å². The molecule has 76 valence electrons. The Labute approximate surface area is 113 Å². The van der Waals surface area contributed by atoms with E-state index in [0.717, 1.165) is 0 Å². The van der Waals surface area contributed by atoms with Crippen molar-refractivity contribution in [1.29, 1.82) is 0 Å². The van der Waals surface area contributed by atoms with E-state index in [1.165, 1.54) is 0 Å². The van der Waals surface area contributed by atoms with Crippen LogP contribution in [0.4, 0.5) is 0 Å². The van der Waals surface area contributed by atoms with Crippen LogP contribution in [-0.2, 0) is 10.1 Å². The van der Waals surface area contributed by atoms with Crippen molar-refractivity contribution in [2.24, 2.45) is 0 Å². The third-order valence-corrected chi connectivity index (χ3v) is 3.92. The number of hydrogen-bond acceptors (Lipinski definition) is 4. The van der Waals surface area contributed by atoms with Gasteiger partial charge in [-0.25, -0.2) is 0 Å². The van der Waals surface area contributed by atoms with E-state index in [0.29, 0.717) is 0 Å². The van der Waals surface area contributed by atoms with Crippen LogP contribution in [0.15, 0.2) is 0 Å². The monoisotopic (exact) mass is 282 g/mol. The van der Waals surface area contributed by atoms with Crippen LogP contribution < -0.4 is 29.6 Å². The molecule has 0 aliphatic heterocycles. The molecular weight excluding hydrogens is 277 g/mol. The Morgan fingerprint density at radius 1 is 1.38 bits per heavy atom. The van der Waals surface area contributed by atoms with Gasteiger partial charge in [0.2, 0.25) is 0 Å². The van der Waals surface area contributed by atoms with E-state index >= 15 is 0 Å². The van der Waals surface area contributed by atoms with E-state index in [9.17, 15) is 8.42 Å². The fraction of sp³-hybridized carbons (Fsp3) is 1.00. The van der Waals surface area contributed by atoms with Crippen LogP contribution in [0.3, 0.4) is 0 Å². The molecule has 0 amide bonds. The van der Waals surface area contributed by atoms with E-state index in [-0.39, 0.29) is 31.0 Å². The molecule has 0 aromatic rings. The maximum absolute atomic E-state index is 10.3. The molecule has 5 nitrogen and oxygen atoms in total. The number of halogens is 3. The second-order valence-electron chi connectivity index (χ2n) is 1.86. The minimum atomic E-state index is -5.00. The SMILES string of the molecule is O=S(=O)(O)C(O)(Cl)C(Cl)C(O)Cl.[H-].[Na+]. The summed E-state index contributed by atoms with van der Waals surface area (Å²) < 4.78 is 25.7. The summed E-state index contributed by atoms with van der Waals surface area (Å²) in [5, 5.41) is 15.4. The summed E-state index contributed by atoms with van der Waals surface area (Å²) in [5.41, 5.74) is -1.91. The fourth-order valence-electron chi connectivity index (χ4n) is 0.312. The molecule has 3 N–H and O–H groups in total. The molecule has 0 rings (SSSR count). The Hall–Kier alpha value is 1.70. The molecule has 13 heavy (non-hydrogen) atoms. The average molecular weight is 283 g/mol. The van der Waals surface area contributed by atoms with Crippen molar-refractivity contribution in [2.45, 2.75) is 15.3 Å². The zero-order valence-corrected chi connectivity index (χ0v) is 11.4. The molecule has 0 aliphatic carbocycles. The van der Waals surface area contributed by atoms with Crippen LogP contribution >= 0.6 is 34.8 Å². The Kier molecular flexibility index (Phi) is 7.49. The van der Waals surface area contributed by atoms with Gasteiger partial charge >= 0.3 is 39.7 Å². The molecule has 0 saturated carbocycles. The first kappa shape index (κ1) is 17.1. The standard InChI is InChI=1S/C3H5Cl3O5S.Na.H/c4-1(2(5)7)3(6,8)12(9,10)11;;/h1-2,7-8H,(H,9,10,11);;/q;+1;-1. The van der Waals surface area contributed by atoms with Gasteiger partial charge in [-0.15, -0.1) is 11.6 Å². The zero-order chi connectivity index (χ0) is 10.2. The van der Waals surface area contributed by atoms with E-state index in [1.54, 1.807) is 0 Å². The number of alkyl halides is 3. The largest absolute Gasteiger partial charge is 1.00 e. The van der Waals surface area contributed by atoms with Gasteiger partial charge in [0, 0.05) is 0 Å². The van der Waals surface area contributed by atoms with Crippen LogP contribution in [0.1, 0.15) is 1.43 Å². The number of aliphatic hydroxyl groups is 2. The molecule has 3 atom stereocenters. The Morgan fingerprint density at radius 3 is 1.77 bits per heavy atom. The number of rotatable bonds is 3. The van der Waals surface area contributed by atoms with Gasteiger partial charge in [0.05, 0.1) is 0 Å². The van der Waals surface area contributed by atoms with Crippen LogP contribution in [-0.4, -0.2) is 38.5 Å². The Morgan fingerprint density at radius 2 is 1.69 bits per heavy atom. The average Bonchev–Trinajstić information content (AvgIpc) is 1.83. The van der Waals surface area contributed by atoms with Crippen molar-refractivity contribution < 1.29 is 54.2 Å². The van der Waals surface area contributed by atoms with Gasteiger partial charge in [-0.2, -0.15) is 8.42 Å². The summed E-state index contributed by atoms with van der Waals surface area (Å²) in [6, 6.07) is 0. The minimum Gasteiger partial charge on any atom is -1.00 e. The second-order valence-corrected chi connectivity index (χ2v) is 5.15. The topological polar surface area (TPSA) is 94.8 Å². The summed E-state index contributed by atoms with van der Waals surface area (Å²) >= 11 is 14.9. The van der Waals surface area contributed by atoms with Crippen molar-refractivity contribution >= 4 is 44.9 Å². The number of aliphatic hydroxyl groups excluding tert-OH is 1. The van der Waals surface area contributed by atoms with Crippen molar-refractivity contribution in [2.75, 3.05) is 0 Å². The predicted octanol–water partition coefficient (Wildman–Crippen LogP) is -2.96. The first-order valence-electron chi connectivity index (χ1n) is 2.45. The summed E-state index contributed by atoms with van der Waals surface area (Å²) in [4.78, 5) is 0. The summed E-state index contributed by atoms with van der Waals surface area (Å²) in [7, 11) is -5.00. The van der Waals surface area contributed by atoms with Gasteiger partial charge in [0.25, 0.3) is 4.39 Å². The van der Waals surface area contributed by atoms with E-state index < -0.39 is 25.5 Å². The first-order valence-corrected chi connectivity index (χ1v) is 5.14. The van der Waals surface area contributed by atoms with Crippen LogP contribution in [0.2, 0.25) is 0 Å².